The van der Waals surface area contributed by atoms with Crippen LogP contribution in [0.4, 0.5) is 0 Å². The summed E-state index contributed by atoms with van der Waals surface area (Å²) in [7, 11) is -3.16. The molecule has 1 atom stereocenters. The lowest BCUT2D eigenvalue weighted by Crippen LogP contribution is -2.42. The molecule has 1 aliphatic heterocycles. The summed E-state index contributed by atoms with van der Waals surface area (Å²) in [6, 6.07) is 10.4. The van der Waals surface area contributed by atoms with Crippen LogP contribution in [0.5, 0.6) is 0 Å². The zero-order valence-corrected chi connectivity index (χ0v) is 14.5. The van der Waals surface area contributed by atoms with Crippen molar-refractivity contribution in [3.05, 3.63) is 35.9 Å². The van der Waals surface area contributed by atoms with Crippen LogP contribution in [0.3, 0.4) is 0 Å². The Morgan fingerprint density at radius 2 is 1.86 bits per heavy atom. The van der Waals surface area contributed by atoms with Crippen LogP contribution in [0.15, 0.2) is 30.3 Å². The van der Waals surface area contributed by atoms with Crippen LogP contribution in [0.25, 0.3) is 0 Å². The minimum Gasteiger partial charge on any atom is -0.295 e. The number of nitrogens with one attached hydrogen (secondary N) is 1. The van der Waals surface area contributed by atoms with Crippen LogP contribution in [0, 0.1) is 5.92 Å². The smallest absolute Gasteiger partial charge is 0.211 e. The van der Waals surface area contributed by atoms with Crippen LogP contribution >= 0.6 is 0 Å². The van der Waals surface area contributed by atoms with Gasteiger partial charge in [0.25, 0.3) is 0 Å². The van der Waals surface area contributed by atoms with Crippen molar-refractivity contribution < 1.29 is 8.42 Å². The topological polar surface area (TPSA) is 49.4 Å². The van der Waals surface area contributed by atoms with Gasteiger partial charge in [0.05, 0.1) is 5.75 Å². The van der Waals surface area contributed by atoms with Crippen molar-refractivity contribution in [2.75, 3.05) is 25.4 Å². The number of hydrogen-bond acceptors (Lipinski definition) is 3. The number of hydrogen-bond donors (Lipinski definition) is 1. The number of likely N-dealkylation sites (tertiary alicyclic amines) is 1. The Hall–Kier alpha value is -0.910. The van der Waals surface area contributed by atoms with Crippen LogP contribution in [-0.4, -0.2) is 38.7 Å². The summed E-state index contributed by atoms with van der Waals surface area (Å²) in [6.07, 6.45) is 3.02. The Labute approximate surface area is 135 Å². The SMILES string of the molecule is CCCS(=O)(=O)NCC(c1ccccc1)N1CCC(C)CC1. The van der Waals surface area contributed by atoms with E-state index >= 15 is 0 Å². The molecule has 1 aromatic carbocycles. The fourth-order valence-corrected chi connectivity index (χ4v) is 4.11. The van der Waals surface area contributed by atoms with E-state index in [9.17, 15) is 8.42 Å². The molecule has 1 aromatic rings. The molecule has 2 rings (SSSR count). The molecule has 0 aliphatic carbocycles. The van der Waals surface area contributed by atoms with E-state index in [2.05, 4.69) is 28.7 Å². The lowest BCUT2D eigenvalue weighted by Gasteiger charge is -2.37. The zero-order valence-electron chi connectivity index (χ0n) is 13.7. The molecule has 0 bridgehead atoms. The summed E-state index contributed by atoms with van der Waals surface area (Å²) in [5.41, 5.74) is 1.19. The summed E-state index contributed by atoms with van der Waals surface area (Å²) < 4.78 is 26.7. The van der Waals surface area contributed by atoms with Gasteiger partial charge >= 0.3 is 0 Å². The Morgan fingerprint density at radius 1 is 1.23 bits per heavy atom. The number of piperidine rings is 1. The molecule has 0 spiro atoms. The minimum absolute atomic E-state index is 0.125. The van der Waals surface area contributed by atoms with Crippen LogP contribution in [-0.2, 0) is 10.0 Å². The molecule has 1 fully saturated rings. The van der Waals surface area contributed by atoms with Crippen LogP contribution < -0.4 is 4.72 Å². The van der Waals surface area contributed by atoms with Gasteiger partial charge in [-0.2, -0.15) is 0 Å². The third-order valence-electron chi connectivity index (χ3n) is 4.41. The average Bonchev–Trinajstić information content (AvgIpc) is 2.50. The first kappa shape index (κ1) is 17.4. The molecule has 0 amide bonds. The lowest BCUT2D eigenvalue weighted by molar-refractivity contribution is 0.139. The highest BCUT2D eigenvalue weighted by molar-refractivity contribution is 7.89. The van der Waals surface area contributed by atoms with E-state index in [0.717, 1.165) is 19.0 Å². The number of benzene rings is 1. The van der Waals surface area contributed by atoms with Gasteiger partial charge < -0.3 is 0 Å². The maximum Gasteiger partial charge on any atom is 0.211 e. The zero-order chi connectivity index (χ0) is 16.0. The summed E-state index contributed by atoms with van der Waals surface area (Å²) in [5.74, 6) is 0.968. The summed E-state index contributed by atoms with van der Waals surface area (Å²) >= 11 is 0. The van der Waals surface area contributed by atoms with Gasteiger partial charge in [0.2, 0.25) is 10.0 Å². The van der Waals surface area contributed by atoms with Gasteiger partial charge in [-0.3, -0.25) is 4.90 Å². The minimum atomic E-state index is -3.16. The van der Waals surface area contributed by atoms with Gasteiger partial charge in [0.15, 0.2) is 0 Å². The summed E-state index contributed by atoms with van der Waals surface area (Å²) in [4.78, 5) is 2.42. The largest absolute Gasteiger partial charge is 0.295 e. The monoisotopic (exact) mass is 324 g/mol. The second-order valence-corrected chi connectivity index (χ2v) is 8.24. The van der Waals surface area contributed by atoms with Crippen molar-refractivity contribution in [2.24, 2.45) is 5.92 Å². The third kappa shape index (κ3) is 5.07. The molecule has 0 radical (unpaired) electrons. The van der Waals surface area contributed by atoms with Crippen molar-refractivity contribution in [1.29, 1.82) is 0 Å². The molecule has 22 heavy (non-hydrogen) atoms. The molecule has 1 heterocycles. The lowest BCUT2D eigenvalue weighted by atomic mass is 9.96. The van der Waals surface area contributed by atoms with Gasteiger partial charge in [-0.25, -0.2) is 13.1 Å². The van der Waals surface area contributed by atoms with Crippen molar-refractivity contribution in [3.8, 4) is 0 Å². The number of sulfonamides is 1. The maximum absolute atomic E-state index is 12.0. The van der Waals surface area contributed by atoms with E-state index in [1.54, 1.807) is 0 Å². The summed E-state index contributed by atoms with van der Waals surface area (Å²) in [6.45, 7) is 6.71. The second-order valence-electron chi connectivity index (χ2n) is 6.31. The van der Waals surface area contributed by atoms with E-state index in [4.69, 9.17) is 0 Å². The molecule has 5 heteroatoms. The molecule has 124 valence electrons. The highest BCUT2D eigenvalue weighted by atomic mass is 32.2. The van der Waals surface area contributed by atoms with E-state index < -0.39 is 10.0 Å². The van der Waals surface area contributed by atoms with Crippen LogP contribution in [0.1, 0.15) is 44.7 Å². The van der Waals surface area contributed by atoms with Crippen molar-refractivity contribution in [3.63, 3.8) is 0 Å². The standard InChI is InChI=1S/C17H28N2O2S/c1-3-13-22(20,21)18-14-17(16-7-5-4-6-8-16)19-11-9-15(2)10-12-19/h4-8,15,17-18H,3,9-14H2,1-2H3. The average molecular weight is 324 g/mol. The first-order chi connectivity index (χ1) is 10.5. The van der Waals surface area contributed by atoms with Crippen molar-refractivity contribution >= 4 is 10.0 Å². The highest BCUT2D eigenvalue weighted by Gasteiger charge is 2.25. The molecule has 1 aliphatic rings. The van der Waals surface area contributed by atoms with E-state index in [0.29, 0.717) is 13.0 Å². The molecule has 1 unspecified atom stereocenters. The Bertz CT molecular complexity index is 537. The Kier molecular flexibility index (Phi) is 6.41. The highest BCUT2D eigenvalue weighted by Crippen LogP contribution is 2.26. The fraction of sp³-hybridized carbons (Fsp3) is 0.647. The Morgan fingerprint density at radius 3 is 2.45 bits per heavy atom. The predicted molar refractivity (Wildman–Crippen MR) is 91.2 cm³/mol. The second kappa shape index (κ2) is 8.09. The van der Waals surface area contributed by atoms with E-state index in [1.807, 2.05) is 25.1 Å². The van der Waals surface area contributed by atoms with Crippen molar-refractivity contribution in [1.82, 2.24) is 9.62 Å². The third-order valence-corrected chi connectivity index (χ3v) is 5.96. The molecular weight excluding hydrogens is 296 g/mol. The number of rotatable bonds is 7. The molecular formula is C17H28N2O2S. The first-order valence-corrected chi connectivity index (χ1v) is 9.93. The number of nitrogens with zero attached hydrogens (tertiary/aromatic N) is 1. The molecule has 4 nitrogen and oxygen atoms in total. The quantitative estimate of drug-likeness (QED) is 0.839. The van der Waals surface area contributed by atoms with E-state index in [1.165, 1.54) is 18.4 Å². The van der Waals surface area contributed by atoms with Gasteiger partial charge in [-0.15, -0.1) is 0 Å². The molecule has 0 aromatic heterocycles. The Balaban J connectivity index is 2.09. The van der Waals surface area contributed by atoms with Gasteiger partial charge in [-0.1, -0.05) is 44.2 Å². The van der Waals surface area contributed by atoms with Gasteiger partial charge in [0.1, 0.15) is 0 Å². The normalized spacial score (nSPS) is 19.2. The van der Waals surface area contributed by atoms with E-state index in [-0.39, 0.29) is 11.8 Å². The fourth-order valence-electron chi connectivity index (χ4n) is 3.02. The van der Waals surface area contributed by atoms with Crippen molar-refractivity contribution in [2.45, 2.75) is 39.2 Å². The van der Waals surface area contributed by atoms with Crippen LogP contribution in [0.2, 0.25) is 0 Å². The molecule has 0 saturated carbocycles. The van der Waals surface area contributed by atoms with Gasteiger partial charge in [-0.05, 0) is 43.8 Å². The summed E-state index contributed by atoms with van der Waals surface area (Å²) in [5, 5.41) is 0. The predicted octanol–water partition coefficient (Wildman–Crippen LogP) is 2.79. The van der Waals surface area contributed by atoms with Gasteiger partial charge in [0, 0.05) is 12.6 Å². The molecule has 1 N–H and O–H groups in total. The first-order valence-electron chi connectivity index (χ1n) is 8.28. The maximum atomic E-state index is 12.0. The molecule has 1 saturated heterocycles.